The molecule has 0 aliphatic heterocycles. The third-order valence-corrected chi connectivity index (χ3v) is 5.20. The molecule has 2 aromatic carbocycles. The van der Waals surface area contributed by atoms with E-state index in [2.05, 4.69) is 10.0 Å². The molecule has 0 unspecified atom stereocenters. The summed E-state index contributed by atoms with van der Waals surface area (Å²) in [6, 6.07) is 10.5. The van der Waals surface area contributed by atoms with Crippen LogP contribution in [0.1, 0.15) is 5.56 Å². The largest absolute Gasteiger partial charge is 0.497 e. The van der Waals surface area contributed by atoms with Crippen molar-refractivity contribution in [1.29, 1.82) is 0 Å². The second kappa shape index (κ2) is 9.33. The molecule has 0 spiro atoms. The summed E-state index contributed by atoms with van der Waals surface area (Å²) in [4.78, 5) is 11.8. The molecule has 7 nitrogen and oxygen atoms in total. The van der Waals surface area contributed by atoms with Crippen LogP contribution in [0, 0.1) is 5.82 Å². The Bertz CT molecular complexity index is 902. The number of methoxy groups -OCH3 is 2. The minimum atomic E-state index is -3.96. The summed E-state index contributed by atoms with van der Waals surface area (Å²) in [6.07, 6.45) is 0.303. The number of sulfonamides is 1. The van der Waals surface area contributed by atoms with Gasteiger partial charge in [-0.15, -0.1) is 0 Å². The number of nitrogens with one attached hydrogen (secondary N) is 2. The molecule has 0 saturated heterocycles. The summed E-state index contributed by atoms with van der Waals surface area (Å²) in [7, 11) is -1.17. The molecule has 0 saturated carbocycles. The van der Waals surface area contributed by atoms with Crippen molar-refractivity contribution in [3.8, 4) is 11.5 Å². The first kappa shape index (κ1) is 20.7. The quantitative estimate of drug-likeness (QED) is 0.670. The van der Waals surface area contributed by atoms with Crippen molar-refractivity contribution < 1.29 is 27.1 Å². The van der Waals surface area contributed by atoms with Crippen molar-refractivity contribution in [3.63, 3.8) is 0 Å². The van der Waals surface area contributed by atoms with Gasteiger partial charge in [-0.3, -0.25) is 4.79 Å². The molecule has 0 radical (unpaired) electrons. The average Bonchev–Trinajstić information content (AvgIpc) is 2.67. The van der Waals surface area contributed by atoms with Gasteiger partial charge in [-0.2, -0.15) is 0 Å². The number of halogens is 1. The molecule has 27 heavy (non-hydrogen) atoms. The fraction of sp³-hybridized carbons (Fsp3) is 0.278. The Labute approximate surface area is 157 Å². The van der Waals surface area contributed by atoms with Crippen LogP contribution >= 0.6 is 0 Å². The van der Waals surface area contributed by atoms with Crippen molar-refractivity contribution in [2.45, 2.75) is 11.3 Å². The van der Waals surface area contributed by atoms with E-state index in [9.17, 15) is 17.6 Å². The van der Waals surface area contributed by atoms with Crippen LogP contribution in [-0.4, -0.2) is 41.6 Å². The first-order valence-electron chi connectivity index (χ1n) is 8.09. The molecular formula is C18H21FN2O5S. The van der Waals surface area contributed by atoms with Crippen LogP contribution in [0.5, 0.6) is 11.5 Å². The van der Waals surface area contributed by atoms with Gasteiger partial charge in [0.05, 0.1) is 20.8 Å². The fourth-order valence-corrected chi connectivity index (χ4v) is 3.47. The Balaban J connectivity index is 1.91. The molecule has 0 fully saturated rings. The topological polar surface area (TPSA) is 93.7 Å². The Kier molecular flexibility index (Phi) is 7.14. The Hall–Kier alpha value is -2.65. The molecule has 0 atom stereocenters. The highest BCUT2D eigenvalue weighted by molar-refractivity contribution is 7.89. The smallest absolute Gasteiger partial charge is 0.244 e. The third kappa shape index (κ3) is 5.66. The Morgan fingerprint density at radius 1 is 1.11 bits per heavy atom. The van der Waals surface area contributed by atoms with Crippen LogP contribution < -0.4 is 19.5 Å². The Morgan fingerprint density at radius 3 is 2.52 bits per heavy atom. The second-order valence-electron chi connectivity index (χ2n) is 5.53. The van der Waals surface area contributed by atoms with E-state index in [0.717, 1.165) is 0 Å². The van der Waals surface area contributed by atoms with Crippen molar-refractivity contribution in [2.24, 2.45) is 0 Å². The van der Waals surface area contributed by atoms with Gasteiger partial charge < -0.3 is 14.8 Å². The molecule has 0 aliphatic rings. The molecule has 2 rings (SSSR count). The molecular weight excluding hydrogens is 375 g/mol. The normalized spacial score (nSPS) is 11.1. The van der Waals surface area contributed by atoms with E-state index in [1.165, 1.54) is 38.5 Å². The van der Waals surface area contributed by atoms with Crippen LogP contribution in [0.3, 0.4) is 0 Å². The SMILES string of the molecule is COc1ccc(S(=O)(=O)NCC(=O)NCCc2ccccc2F)c(OC)c1. The predicted octanol–water partition coefficient (Wildman–Crippen LogP) is 1.48. The van der Waals surface area contributed by atoms with E-state index in [-0.39, 0.29) is 23.0 Å². The number of rotatable bonds is 9. The monoisotopic (exact) mass is 396 g/mol. The summed E-state index contributed by atoms with van der Waals surface area (Å²) in [5.41, 5.74) is 0.473. The maximum Gasteiger partial charge on any atom is 0.244 e. The highest BCUT2D eigenvalue weighted by Gasteiger charge is 2.21. The summed E-state index contributed by atoms with van der Waals surface area (Å²) in [6.45, 7) is -0.262. The van der Waals surface area contributed by atoms with Crippen LogP contribution in [0.15, 0.2) is 47.4 Å². The van der Waals surface area contributed by atoms with Gasteiger partial charge in [-0.25, -0.2) is 17.5 Å². The summed E-state index contributed by atoms with van der Waals surface area (Å²) >= 11 is 0. The van der Waals surface area contributed by atoms with E-state index in [1.807, 2.05) is 0 Å². The maximum absolute atomic E-state index is 13.5. The first-order chi connectivity index (χ1) is 12.9. The van der Waals surface area contributed by atoms with Crippen LogP contribution in [0.4, 0.5) is 4.39 Å². The number of hydrogen-bond acceptors (Lipinski definition) is 5. The van der Waals surface area contributed by atoms with Crippen molar-refractivity contribution in [1.82, 2.24) is 10.0 Å². The lowest BCUT2D eigenvalue weighted by Gasteiger charge is -2.12. The van der Waals surface area contributed by atoms with E-state index >= 15 is 0 Å². The van der Waals surface area contributed by atoms with Gasteiger partial charge in [0.15, 0.2) is 0 Å². The van der Waals surface area contributed by atoms with Crippen molar-refractivity contribution in [3.05, 3.63) is 53.8 Å². The van der Waals surface area contributed by atoms with Gasteiger partial charge in [0.25, 0.3) is 0 Å². The predicted molar refractivity (Wildman–Crippen MR) is 97.8 cm³/mol. The molecule has 0 bridgehead atoms. The molecule has 0 heterocycles. The standard InChI is InChI=1S/C18H21FN2O5S/c1-25-14-7-8-17(16(11-14)26-2)27(23,24)21-12-18(22)20-10-9-13-5-3-4-6-15(13)19/h3-8,11,21H,9-10,12H2,1-2H3,(H,20,22). The molecule has 1 amide bonds. The molecule has 2 aromatic rings. The van der Waals surface area contributed by atoms with Crippen molar-refractivity contribution in [2.75, 3.05) is 27.3 Å². The van der Waals surface area contributed by atoms with Gasteiger partial charge in [-0.05, 0) is 30.2 Å². The lowest BCUT2D eigenvalue weighted by Crippen LogP contribution is -2.37. The molecule has 9 heteroatoms. The molecule has 146 valence electrons. The van der Waals surface area contributed by atoms with Gasteiger partial charge >= 0.3 is 0 Å². The number of amides is 1. The number of hydrogen-bond donors (Lipinski definition) is 2. The number of carbonyl (C=O) groups is 1. The van der Waals surface area contributed by atoms with Gasteiger partial charge in [0, 0.05) is 12.6 Å². The zero-order valence-electron chi connectivity index (χ0n) is 15.0. The summed E-state index contributed by atoms with van der Waals surface area (Å²) < 4.78 is 50.6. The Morgan fingerprint density at radius 2 is 1.85 bits per heavy atom. The number of benzene rings is 2. The average molecular weight is 396 g/mol. The highest BCUT2D eigenvalue weighted by Crippen LogP contribution is 2.28. The zero-order chi connectivity index (χ0) is 19.9. The molecule has 2 N–H and O–H groups in total. The van der Waals surface area contributed by atoms with E-state index in [1.54, 1.807) is 18.2 Å². The van der Waals surface area contributed by atoms with E-state index in [0.29, 0.717) is 17.7 Å². The lowest BCUT2D eigenvalue weighted by atomic mass is 10.1. The lowest BCUT2D eigenvalue weighted by molar-refractivity contribution is -0.119. The fourth-order valence-electron chi connectivity index (χ4n) is 2.34. The number of ether oxygens (including phenoxy) is 2. The molecule has 0 aliphatic carbocycles. The minimum absolute atomic E-state index is 0.0989. The highest BCUT2D eigenvalue weighted by atomic mass is 32.2. The summed E-state index contributed by atoms with van der Waals surface area (Å²) in [5.74, 6) is -0.333. The summed E-state index contributed by atoms with van der Waals surface area (Å²) in [5, 5.41) is 2.55. The van der Waals surface area contributed by atoms with E-state index < -0.39 is 22.5 Å². The van der Waals surface area contributed by atoms with Gasteiger partial charge in [-0.1, -0.05) is 18.2 Å². The maximum atomic E-state index is 13.5. The van der Waals surface area contributed by atoms with Crippen LogP contribution in [-0.2, 0) is 21.2 Å². The zero-order valence-corrected chi connectivity index (χ0v) is 15.8. The van der Waals surface area contributed by atoms with Crippen LogP contribution in [0.25, 0.3) is 0 Å². The van der Waals surface area contributed by atoms with Gasteiger partial charge in [0.2, 0.25) is 15.9 Å². The van der Waals surface area contributed by atoms with Crippen molar-refractivity contribution >= 4 is 15.9 Å². The van der Waals surface area contributed by atoms with Gasteiger partial charge in [0.1, 0.15) is 22.2 Å². The molecule has 0 aromatic heterocycles. The van der Waals surface area contributed by atoms with Crippen LogP contribution in [0.2, 0.25) is 0 Å². The number of carbonyl (C=O) groups excluding carboxylic acids is 1. The third-order valence-electron chi connectivity index (χ3n) is 3.76. The minimum Gasteiger partial charge on any atom is -0.497 e. The second-order valence-corrected chi connectivity index (χ2v) is 7.27. The van der Waals surface area contributed by atoms with E-state index in [4.69, 9.17) is 9.47 Å². The first-order valence-corrected chi connectivity index (χ1v) is 9.57.